The molecule has 0 radical (unpaired) electrons. The largest absolute Gasteiger partial charge is 0.491 e. The Morgan fingerprint density at radius 1 is 1.37 bits per heavy atom. The number of hydrogen-bond acceptors (Lipinski definition) is 6. The van der Waals surface area contributed by atoms with Crippen LogP contribution in [0.4, 0.5) is 13.2 Å². The van der Waals surface area contributed by atoms with E-state index in [2.05, 4.69) is 4.74 Å². The summed E-state index contributed by atoms with van der Waals surface area (Å²) in [7, 11) is -3.47. The lowest BCUT2D eigenvalue weighted by atomic mass is 9.84. The van der Waals surface area contributed by atoms with Crippen molar-refractivity contribution in [3.63, 3.8) is 0 Å². The van der Waals surface area contributed by atoms with Crippen LogP contribution < -0.4 is 5.73 Å². The van der Waals surface area contributed by atoms with Crippen LogP contribution in [0.3, 0.4) is 0 Å². The second kappa shape index (κ2) is 4.50. The minimum absolute atomic E-state index is 0.646. The number of rotatable bonds is 2. The summed E-state index contributed by atoms with van der Waals surface area (Å²) in [6.07, 6.45) is -0.321. The van der Waals surface area contributed by atoms with Crippen molar-refractivity contribution in [2.75, 3.05) is 11.5 Å². The van der Waals surface area contributed by atoms with E-state index >= 15 is 0 Å². The van der Waals surface area contributed by atoms with Gasteiger partial charge in [-0.3, -0.25) is 0 Å². The predicted octanol–water partition coefficient (Wildman–Crippen LogP) is -1.01. The van der Waals surface area contributed by atoms with Crippen molar-refractivity contribution in [3.05, 3.63) is 0 Å². The van der Waals surface area contributed by atoms with Gasteiger partial charge in [-0.15, -0.1) is 6.42 Å². The van der Waals surface area contributed by atoms with Gasteiger partial charge in [0.25, 0.3) is 0 Å². The summed E-state index contributed by atoms with van der Waals surface area (Å²) in [6.45, 7) is 0. The molecule has 0 amide bonds. The van der Waals surface area contributed by atoms with Crippen LogP contribution >= 0.6 is 0 Å². The fraction of sp³-hybridized carbons (Fsp3) is 0.556. The molecule has 0 aromatic heterocycles. The number of carbonyl (C=O) groups excluding carboxylic acids is 2. The summed E-state index contributed by atoms with van der Waals surface area (Å²) >= 11 is 0. The highest BCUT2D eigenvalue weighted by molar-refractivity contribution is 7.92. The summed E-state index contributed by atoms with van der Waals surface area (Å²) in [5.74, 6) is -3.77. The zero-order valence-corrected chi connectivity index (χ0v) is 10.0. The summed E-state index contributed by atoms with van der Waals surface area (Å²) in [5.41, 5.74) is 3.64. The molecular weight excluding hydrogens is 291 g/mol. The molecule has 1 heterocycles. The van der Waals surface area contributed by atoms with Gasteiger partial charge >= 0.3 is 18.1 Å². The number of carbonyl (C=O) groups is 2. The number of esters is 2. The molecule has 0 spiro atoms. The monoisotopic (exact) mass is 299 g/mol. The molecule has 6 nitrogen and oxygen atoms in total. The Hall–Kier alpha value is -1.60. The number of hydrogen-bond donors (Lipinski definition) is 1. The highest BCUT2D eigenvalue weighted by Gasteiger charge is 2.55. The highest BCUT2D eigenvalue weighted by Crippen LogP contribution is 2.35. The smallest absolute Gasteiger partial charge is 0.385 e. The van der Waals surface area contributed by atoms with Gasteiger partial charge in [-0.1, -0.05) is 5.92 Å². The maximum atomic E-state index is 11.9. The molecule has 1 atom stereocenters. The molecule has 1 aliphatic rings. The van der Waals surface area contributed by atoms with Crippen LogP contribution in [-0.4, -0.2) is 44.1 Å². The lowest BCUT2D eigenvalue weighted by molar-refractivity contribution is -0.202. The number of terminal acetylenes is 1. The molecule has 1 aliphatic heterocycles. The van der Waals surface area contributed by atoms with Crippen LogP contribution in [0.5, 0.6) is 0 Å². The number of nitrogens with two attached hydrogens (primary N) is 1. The fourth-order valence-corrected chi connectivity index (χ4v) is 3.54. The van der Waals surface area contributed by atoms with Crippen LogP contribution in [-0.2, 0) is 24.2 Å². The number of alkyl halides is 3. The standard InChI is InChI=1S/C9H8F3NO5S/c1-2-8(3-19(16,17)4-8)5(13)6(14)18-7(15)9(10,11)12/h1,5H,3-4,13H2/t5-/m1/s1. The van der Waals surface area contributed by atoms with E-state index in [4.69, 9.17) is 12.2 Å². The molecule has 1 saturated heterocycles. The Morgan fingerprint density at radius 2 is 1.84 bits per heavy atom. The first-order chi connectivity index (χ1) is 8.43. The average Bonchev–Trinajstić information content (AvgIpc) is 2.22. The van der Waals surface area contributed by atoms with Gasteiger partial charge in [-0.2, -0.15) is 13.2 Å². The lowest BCUT2D eigenvalue weighted by Gasteiger charge is -2.39. The topological polar surface area (TPSA) is 104 Å². The first-order valence-corrected chi connectivity index (χ1v) is 6.52. The third-order valence-corrected chi connectivity index (χ3v) is 4.43. The van der Waals surface area contributed by atoms with Crippen LogP contribution in [0, 0.1) is 17.8 Å². The summed E-state index contributed by atoms with van der Waals surface area (Å²) in [6, 6.07) is -1.83. The Bertz CT molecular complexity index is 547. The molecule has 1 rings (SSSR count). The van der Waals surface area contributed by atoms with Crippen LogP contribution in [0.25, 0.3) is 0 Å². The van der Waals surface area contributed by atoms with Gasteiger partial charge in [0.05, 0.1) is 16.9 Å². The molecule has 0 bridgehead atoms. The molecule has 0 aliphatic carbocycles. The van der Waals surface area contributed by atoms with E-state index in [-0.39, 0.29) is 0 Å². The fourth-order valence-electron chi connectivity index (χ4n) is 1.53. The first kappa shape index (κ1) is 15.5. The Morgan fingerprint density at radius 3 is 2.16 bits per heavy atom. The third kappa shape index (κ3) is 3.05. The van der Waals surface area contributed by atoms with Crippen molar-refractivity contribution in [2.45, 2.75) is 12.2 Å². The predicted molar refractivity (Wildman–Crippen MR) is 55.0 cm³/mol. The van der Waals surface area contributed by atoms with E-state index in [1.807, 2.05) is 5.92 Å². The maximum absolute atomic E-state index is 11.9. The minimum atomic E-state index is -5.36. The van der Waals surface area contributed by atoms with Crippen LogP contribution in [0.15, 0.2) is 0 Å². The molecule has 0 unspecified atom stereocenters. The zero-order valence-electron chi connectivity index (χ0n) is 9.23. The summed E-state index contributed by atoms with van der Waals surface area (Å²) in [4.78, 5) is 21.7. The average molecular weight is 299 g/mol. The first-order valence-electron chi connectivity index (χ1n) is 4.70. The van der Waals surface area contributed by atoms with E-state index in [0.29, 0.717) is 0 Å². The number of sulfone groups is 1. The second-order valence-corrected chi connectivity index (χ2v) is 6.08. The molecule has 1 fully saturated rings. The lowest BCUT2D eigenvalue weighted by Crippen LogP contribution is -2.61. The van der Waals surface area contributed by atoms with Gasteiger partial charge in [-0.25, -0.2) is 18.0 Å². The van der Waals surface area contributed by atoms with Gasteiger partial charge in [0.15, 0.2) is 9.84 Å². The van der Waals surface area contributed by atoms with Crippen molar-refractivity contribution >= 4 is 21.8 Å². The third-order valence-electron chi connectivity index (χ3n) is 2.52. The number of halogens is 3. The van der Waals surface area contributed by atoms with Gasteiger partial charge < -0.3 is 10.5 Å². The molecule has 19 heavy (non-hydrogen) atoms. The second-order valence-electron chi connectivity index (χ2n) is 4.02. The minimum Gasteiger partial charge on any atom is -0.385 e. The van der Waals surface area contributed by atoms with E-state index in [9.17, 15) is 31.2 Å². The normalized spacial score (nSPS) is 21.6. The van der Waals surface area contributed by atoms with E-state index < -0.39 is 50.9 Å². The number of ether oxygens (including phenoxy) is 1. The SMILES string of the molecule is C#CC1([C@H](N)C(=O)OC(=O)C(F)(F)F)CS(=O)(=O)C1. The van der Waals surface area contributed by atoms with Crippen molar-refractivity contribution < 1.29 is 35.9 Å². The van der Waals surface area contributed by atoms with Gasteiger partial charge in [0.2, 0.25) is 0 Å². The van der Waals surface area contributed by atoms with E-state index in [1.165, 1.54) is 0 Å². The van der Waals surface area contributed by atoms with Gasteiger partial charge in [0, 0.05) is 0 Å². The Kier molecular flexibility index (Phi) is 3.66. The van der Waals surface area contributed by atoms with Crippen molar-refractivity contribution in [2.24, 2.45) is 11.1 Å². The Balaban J connectivity index is 2.79. The maximum Gasteiger partial charge on any atom is 0.491 e. The van der Waals surface area contributed by atoms with Crippen molar-refractivity contribution in [1.29, 1.82) is 0 Å². The van der Waals surface area contributed by atoms with E-state index in [1.54, 1.807) is 0 Å². The van der Waals surface area contributed by atoms with E-state index in [0.717, 1.165) is 0 Å². The van der Waals surface area contributed by atoms with Crippen LogP contribution in [0.1, 0.15) is 0 Å². The summed E-state index contributed by atoms with van der Waals surface area (Å²) in [5, 5.41) is 0. The molecular formula is C9H8F3NO5S. The molecule has 10 heteroatoms. The van der Waals surface area contributed by atoms with Crippen molar-refractivity contribution in [3.8, 4) is 12.3 Å². The van der Waals surface area contributed by atoms with Gasteiger partial charge in [0.1, 0.15) is 6.04 Å². The molecule has 0 aromatic rings. The van der Waals surface area contributed by atoms with Crippen LogP contribution in [0.2, 0.25) is 0 Å². The zero-order chi connectivity index (χ0) is 15.1. The Labute approximate surface area is 106 Å². The highest BCUT2D eigenvalue weighted by atomic mass is 32.2. The summed E-state index contributed by atoms with van der Waals surface area (Å²) < 4.78 is 61.1. The quantitative estimate of drug-likeness (QED) is 0.398. The molecule has 0 aromatic carbocycles. The van der Waals surface area contributed by atoms with Crippen molar-refractivity contribution in [1.82, 2.24) is 0 Å². The molecule has 2 N–H and O–H groups in total. The molecule has 0 saturated carbocycles. The van der Waals surface area contributed by atoms with Gasteiger partial charge in [-0.05, 0) is 0 Å². The molecule has 106 valence electrons.